The van der Waals surface area contributed by atoms with Crippen molar-refractivity contribution in [1.82, 2.24) is 14.5 Å². The van der Waals surface area contributed by atoms with Gasteiger partial charge in [0.25, 0.3) is 0 Å². The van der Waals surface area contributed by atoms with Crippen molar-refractivity contribution >= 4 is 11.0 Å². The Balaban J connectivity index is 1.42. The fraction of sp³-hybridized carbons (Fsp3) is 0.192. The van der Waals surface area contributed by atoms with Gasteiger partial charge in [0.1, 0.15) is 11.6 Å². The molecule has 0 unspecified atom stereocenters. The number of rotatable bonds is 6. The van der Waals surface area contributed by atoms with Crippen molar-refractivity contribution in [3.05, 3.63) is 168 Å². The zero-order valence-electron chi connectivity index (χ0n) is 33.6. The van der Waals surface area contributed by atoms with E-state index in [2.05, 4.69) is 180 Å². The highest BCUT2D eigenvalue weighted by Crippen LogP contribution is 2.43. The van der Waals surface area contributed by atoms with Crippen LogP contribution in [0.3, 0.4) is 0 Å². The first kappa shape index (κ1) is 36.7. The van der Waals surface area contributed by atoms with Crippen molar-refractivity contribution in [2.45, 2.75) is 66.2 Å². The number of phenolic OH excluding ortho intramolecular Hbond substituents is 1. The lowest BCUT2D eigenvalue weighted by Crippen LogP contribution is -2.12. The van der Waals surface area contributed by atoms with Gasteiger partial charge < -0.3 is 5.11 Å². The fourth-order valence-electron chi connectivity index (χ4n) is 7.70. The van der Waals surface area contributed by atoms with Crippen LogP contribution in [0, 0.1) is 13.8 Å². The summed E-state index contributed by atoms with van der Waals surface area (Å²) in [4.78, 5) is 10.4. The summed E-state index contributed by atoms with van der Waals surface area (Å²) in [5.41, 5.74) is 16.3. The number of aromatic hydroxyl groups is 1. The molecule has 0 radical (unpaired) electrons. The normalized spacial score (nSPS) is 12.0. The third-order valence-electron chi connectivity index (χ3n) is 10.8. The van der Waals surface area contributed by atoms with Gasteiger partial charge in [-0.15, -0.1) is 0 Å². The number of benzene rings is 6. The van der Waals surface area contributed by atoms with Crippen LogP contribution in [0.25, 0.3) is 72.7 Å². The minimum absolute atomic E-state index is 0.0494. The Morgan fingerprint density at radius 3 is 1.89 bits per heavy atom. The molecule has 6 aromatic carbocycles. The summed E-state index contributed by atoms with van der Waals surface area (Å²) in [6, 6.07) is 49.4. The molecule has 0 spiro atoms. The fourth-order valence-corrected chi connectivity index (χ4v) is 7.70. The number of aryl methyl sites for hydroxylation is 2. The van der Waals surface area contributed by atoms with Gasteiger partial charge in [-0.25, -0.2) is 4.98 Å². The number of para-hydroxylation sites is 1. The number of phenols is 1. The Hall–Kier alpha value is -6.26. The summed E-state index contributed by atoms with van der Waals surface area (Å²) in [5.74, 6) is 0.935. The highest BCUT2D eigenvalue weighted by atomic mass is 16.3. The van der Waals surface area contributed by atoms with Gasteiger partial charge in [-0.2, -0.15) is 0 Å². The molecule has 0 aliphatic rings. The van der Waals surface area contributed by atoms with Crippen LogP contribution in [-0.4, -0.2) is 19.6 Å². The van der Waals surface area contributed by atoms with E-state index in [0.717, 1.165) is 72.5 Å². The summed E-state index contributed by atoms with van der Waals surface area (Å²) in [6.45, 7) is 17.6. The van der Waals surface area contributed by atoms with E-state index in [4.69, 9.17) is 9.97 Å². The van der Waals surface area contributed by atoms with Gasteiger partial charge in [-0.05, 0) is 118 Å². The molecule has 278 valence electrons. The maximum absolute atomic E-state index is 11.7. The monoisotopic (exact) mass is 731 g/mol. The van der Waals surface area contributed by atoms with E-state index in [0.29, 0.717) is 11.4 Å². The maximum Gasteiger partial charge on any atom is 0.149 e. The molecular formula is C52H49N3O. The van der Waals surface area contributed by atoms with Crippen molar-refractivity contribution in [2.75, 3.05) is 0 Å². The molecule has 56 heavy (non-hydrogen) atoms. The molecule has 8 aromatic rings. The minimum atomic E-state index is -0.121. The van der Waals surface area contributed by atoms with Crippen LogP contribution in [0.5, 0.6) is 5.75 Å². The number of hydrogen-bond donors (Lipinski definition) is 1. The van der Waals surface area contributed by atoms with E-state index in [1.54, 1.807) is 0 Å². The number of fused-ring (bicyclic) bond motifs is 1. The Morgan fingerprint density at radius 2 is 1.20 bits per heavy atom. The van der Waals surface area contributed by atoms with E-state index in [-0.39, 0.29) is 16.6 Å². The number of nitrogens with zero attached hydrogens (tertiary/aromatic N) is 3. The average molecular weight is 732 g/mol. The topological polar surface area (TPSA) is 50.9 Å². The van der Waals surface area contributed by atoms with Gasteiger partial charge in [-0.3, -0.25) is 9.55 Å². The van der Waals surface area contributed by atoms with Crippen LogP contribution in [0.2, 0.25) is 0 Å². The smallest absolute Gasteiger partial charge is 0.149 e. The second-order valence-corrected chi connectivity index (χ2v) is 17.1. The number of hydrogen-bond acceptors (Lipinski definition) is 3. The molecule has 0 fully saturated rings. The number of imidazole rings is 1. The minimum Gasteiger partial charge on any atom is -0.507 e. The Labute approximate surface area is 331 Å². The molecule has 4 nitrogen and oxygen atoms in total. The van der Waals surface area contributed by atoms with Crippen molar-refractivity contribution < 1.29 is 5.11 Å². The molecule has 0 saturated heterocycles. The number of aromatic nitrogens is 3. The summed E-state index contributed by atoms with van der Waals surface area (Å²) in [5, 5.41) is 11.7. The van der Waals surface area contributed by atoms with E-state index in [9.17, 15) is 5.11 Å². The predicted octanol–water partition coefficient (Wildman–Crippen LogP) is 13.7. The molecular weight excluding hydrogens is 683 g/mol. The van der Waals surface area contributed by atoms with Gasteiger partial charge in [0, 0.05) is 22.9 Å². The van der Waals surface area contributed by atoms with E-state index in [1.807, 2.05) is 25.3 Å². The molecule has 8 rings (SSSR count). The van der Waals surface area contributed by atoms with Gasteiger partial charge in [-0.1, -0.05) is 133 Å². The van der Waals surface area contributed by atoms with Crippen LogP contribution in [0.15, 0.2) is 146 Å². The highest BCUT2D eigenvalue weighted by Gasteiger charge is 2.25. The van der Waals surface area contributed by atoms with Crippen LogP contribution in [0.1, 0.15) is 63.8 Å². The molecule has 0 atom stereocenters. The van der Waals surface area contributed by atoms with E-state index < -0.39 is 0 Å². The second kappa shape index (κ2) is 14.1. The molecule has 4 heteroatoms. The molecule has 0 aliphatic carbocycles. The van der Waals surface area contributed by atoms with Crippen LogP contribution >= 0.6 is 0 Å². The summed E-state index contributed by atoms with van der Waals surface area (Å²) in [6.07, 6.45) is 1.90. The first-order valence-corrected chi connectivity index (χ1v) is 19.5. The van der Waals surface area contributed by atoms with Gasteiger partial charge in [0.15, 0.2) is 0 Å². The third-order valence-corrected chi connectivity index (χ3v) is 10.8. The predicted molar refractivity (Wildman–Crippen MR) is 235 cm³/mol. The highest BCUT2D eigenvalue weighted by molar-refractivity contribution is 5.98. The zero-order chi connectivity index (χ0) is 39.4. The lowest BCUT2D eigenvalue weighted by molar-refractivity contribution is 0.472. The Morgan fingerprint density at radius 1 is 0.518 bits per heavy atom. The van der Waals surface area contributed by atoms with Gasteiger partial charge in [0.2, 0.25) is 0 Å². The Kier molecular flexibility index (Phi) is 9.25. The SMILES string of the molecule is Cc1cc(C)c(O)c(-c2nc3c(-c4cc(-c5cc(-c6ccccc6)ccn5)cc(C(C)(C)C)c4)cccc3n2-c2ccc(C(C)(C)C)cc2-c2ccccc2)c1. The van der Waals surface area contributed by atoms with Gasteiger partial charge in [0.05, 0.1) is 28.0 Å². The largest absolute Gasteiger partial charge is 0.507 e. The molecule has 2 heterocycles. The molecule has 1 N–H and O–H groups in total. The molecule has 0 aliphatic heterocycles. The maximum atomic E-state index is 11.7. The lowest BCUT2D eigenvalue weighted by atomic mass is 9.83. The molecule has 0 amide bonds. The van der Waals surface area contributed by atoms with Crippen molar-refractivity contribution in [3.63, 3.8) is 0 Å². The van der Waals surface area contributed by atoms with Crippen LogP contribution < -0.4 is 0 Å². The number of pyridine rings is 1. The van der Waals surface area contributed by atoms with Crippen LogP contribution in [-0.2, 0) is 10.8 Å². The molecule has 2 aromatic heterocycles. The van der Waals surface area contributed by atoms with E-state index in [1.165, 1.54) is 11.1 Å². The summed E-state index contributed by atoms with van der Waals surface area (Å²) < 4.78 is 2.25. The average Bonchev–Trinajstić information content (AvgIpc) is 3.58. The van der Waals surface area contributed by atoms with Gasteiger partial charge >= 0.3 is 0 Å². The standard InChI is InChI=1S/C52H49N3O/c1-33-26-34(2)49(56)44(27-33)50-54-48-42(20-15-21-47(48)55(50)46-23-22-40(51(3,4)5)32-43(46)36-18-13-10-14-19-36)38-28-39(30-41(29-38)52(6,7)8)45-31-37(24-25-53-45)35-16-11-9-12-17-35/h9-32,56H,1-8H3. The molecule has 0 saturated carbocycles. The third kappa shape index (κ3) is 6.92. The quantitative estimate of drug-likeness (QED) is 0.185. The zero-order valence-corrected chi connectivity index (χ0v) is 33.6. The Bertz CT molecular complexity index is 2730. The lowest BCUT2D eigenvalue weighted by Gasteiger charge is -2.23. The van der Waals surface area contributed by atoms with Crippen molar-refractivity contribution in [1.29, 1.82) is 0 Å². The summed E-state index contributed by atoms with van der Waals surface area (Å²) >= 11 is 0. The summed E-state index contributed by atoms with van der Waals surface area (Å²) in [7, 11) is 0. The van der Waals surface area contributed by atoms with Crippen molar-refractivity contribution in [2.24, 2.45) is 0 Å². The first-order chi connectivity index (χ1) is 26.8. The molecule has 0 bridgehead atoms. The first-order valence-electron chi connectivity index (χ1n) is 19.5. The van der Waals surface area contributed by atoms with Crippen molar-refractivity contribution in [3.8, 4) is 67.5 Å². The van der Waals surface area contributed by atoms with E-state index >= 15 is 0 Å². The second-order valence-electron chi connectivity index (χ2n) is 17.1. The van der Waals surface area contributed by atoms with Crippen LogP contribution in [0.4, 0.5) is 0 Å².